The van der Waals surface area contributed by atoms with Gasteiger partial charge in [0.15, 0.2) is 6.10 Å². The van der Waals surface area contributed by atoms with Crippen LogP contribution in [-0.2, 0) is 32.7 Å². The number of hydrogen-bond donors (Lipinski definition) is 2. The molecule has 0 saturated heterocycles. The van der Waals surface area contributed by atoms with Crippen LogP contribution in [0.1, 0.15) is 258 Å². The van der Waals surface area contributed by atoms with Crippen LogP contribution in [-0.4, -0.2) is 49.3 Å². The molecule has 0 aliphatic carbocycles. The van der Waals surface area contributed by atoms with Gasteiger partial charge < -0.3 is 20.1 Å². The lowest BCUT2D eigenvalue weighted by atomic mass is 10.0. The van der Waals surface area contributed by atoms with E-state index in [-0.39, 0.29) is 38.6 Å². The Morgan fingerprint density at radius 1 is 0.462 bits per heavy atom. The van der Waals surface area contributed by atoms with E-state index >= 15 is 0 Å². The fourth-order valence-electron chi connectivity index (χ4n) is 7.64. The molecule has 0 fully saturated rings. The minimum absolute atomic E-state index is 0.0518. The second kappa shape index (κ2) is 51.4. The summed E-state index contributed by atoms with van der Waals surface area (Å²) >= 11 is 0. The lowest BCUT2D eigenvalue weighted by Gasteiger charge is -2.19. The minimum Gasteiger partial charge on any atom is -0.462 e. The number of ether oxygens (including phenoxy) is 2. The van der Waals surface area contributed by atoms with Gasteiger partial charge in [0.1, 0.15) is 6.61 Å². The summed E-state index contributed by atoms with van der Waals surface area (Å²) < 4.78 is 33.0. The predicted molar refractivity (Wildman–Crippen MR) is 275 cm³/mol. The number of rotatable bonds is 51. The molecule has 0 saturated carbocycles. The highest BCUT2D eigenvalue weighted by atomic mass is 31.2. The molecule has 0 aromatic heterocycles. The van der Waals surface area contributed by atoms with Crippen molar-refractivity contribution in [2.24, 2.45) is 5.73 Å². The molecule has 10 heteroatoms. The van der Waals surface area contributed by atoms with Crippen molar-refractivity contribution in [3.05, 3.63) is 48.6 Å². The van der Waals surface area contributed by atoms with Crippen LogP contribution in [0.5, 0.6) is 0 Å². The molecule has 2 unspecified atom stereocenters. The summed E-state index contributed by atoms with van der Waals surface area (Å²) in [5.41, 5.74) is 5.37. The van der Waals surface area contributed by atoms with E-state index in [4.69, 9.17) is 24.3 Å². The van der Waals surface area contributed by atoms with Gasteiger partial charge in [-0.3, -0.25) is 18.6 Å². The smallest absolute Gasteiger partial charge is 0.462 e. The monoisotopic (exact) mass is 936 g/mol. The molecule has 0 aromatic carbocycles. The predicted octanol–water partition coefficient (Wildman–Crippen LogP) is 16.6. The van der Waals surface area contributed by atoms with E-state index in [0.29, 0.717) is 6.42 Å². The summed E-state index contributed by atoms with van der Waals surface area (Å²) in [7, 11) is -4.39. The fourth-order valence-corrected chi connectivity index (χ4v) is 8.40. The zero-order valence-corrected chi connectivity index (χ0v) is 43.1. The minimum atomic E-state index is -4.39. The first-order chi connectivity index (χ1) is 31.8. The number of unbranched alkanes of at least 4 members (excludes halogenated alkanes) is 30. The number of carbonyl (C=O) groups excluding carboxylic acids is 2. The third-order valence-corrected chi connectivity index (χ3v) is 12.7. The zero-order valence-electron chi connectivity index (χ0n) is 42.2. The van der Waals surface area contributed by atoms with Crippen LogP contribution in [0.25, 0.3) is 0 Å². The Balaban J connectivity index is 4.02. The standard InChI is InChI=1S/C55H102NO8P/c1-3-5-7-9-11-13-15-17-19-21-23-25-26-28-30-32-34-36-38-40-42-44-46-48-55(58)64-53(52-63-65(59,60)62-50-49-56)51-61-54(57)47-45-43-41-39-37-35-33-31-29-27-24-22-20-18-16-14-12-10-8-6-4-2/h15-18,21-24,53H,3-14,19-20,25-52,56H2,1-2H3,(H,59,60)/b17-15-,18-16-,23-21-,24-22-. The maximum Gasteiger partial charge on any atom is 0.472 e. The molecule has 0 bridgehead atoms. The molecule has 0 aliphatic heterocycles. The molecule has 3 N–H and O–H groups in total. The molecular formula is C55H102NO8P. The molecule has 9 nitrogen and oxygen atoms in total. The van der Waals surface area contributed by atoms with E-state index in [2.05, 4.69) is 62.5 Å². The Labute approximate surface area is 400 Å². The van der Waals surface area contributed by atoms with Crippen LogP contribution in [0.15, 0.2) is 48.6 Å². The Morgan fingerprint density at radius 2 is 0.800 bits per heavy atom. The van der Waals surface area contributed by atoms with Crippen molar-refractivity contribution in [2.45, 2.75) is 264 Å². The van der Waals surface area contributed by atoms with Crippen molar-refractivity contribution in [3.8, 4) is 0 Å². The van der Waals surface area contributed by atoms with Gasteiger partial charge >= 0.3 is 19.8 Å². The molecule has 0 rings (SSSR count). The largest absolute Gasteiger partial charge is 0.472 e. The summed E-state index contributed by atoms with van der Waals surface area (Å²) in [6.45, 7) is 3.74. The second-order valence-electron chi connectivity index (χ2n) is 18.1. The Bertz CT molecular complexity index is 1200. The van der Waals surface area contributed by atoms with Crippen molar-refractivity contribution in [1.82, 2.24) is 0 Å². The van der Waals surface area contributed by atoms with E-state index in [0.717, 1.165) is 51.4 Å². The van der Waals surface area contributed by atoms with Gasteiger partial charge in [-0.25, -0.2) is 4.57 Å². The van der Waals surface area contributed by atoms with Crippen LogP contribution in [0.2, 0.25) is 0 Å². The van der Waals surface area contributed by atoms with Crippen LogP contribution in [0.4, 0.5) is 0 Å². The lowest BCUT2D eigenvalue weighted by molar-refractivity contribution is -0.161. The van der Waals surface area contributed by atoms with E-state index in [9.17, 15) is 19.0 Å². The maximum atomic E-state index is 12.7. The Kier molecular flexibility index (Phi) is 49.8. The molecule has 0 heterocycles. The fraction of sp³-hybridized carbons (Fsp3) is 0.818. The lowest BCUT2D eigenvalue weighted by Crippen LogP contribution is -2.29. The van der Waals surface area contributed by atoms with Crippen molar-refractivity contribution in [1.29, 1.82) is 0 Å². The van der Waals surface area contributed by atoms with E-state index in [1.807, 2.05) is 0 Å². The van der Waals surface area contributed by atoms with Gasteiger partial charge in [-0.2, -0.15) is 0 Å². The highest BCUT2D eigenvalue weighted by Gasteiger charge is 2.26. The average molecular weight is 936 g/mol. The van der Waals surface area contributed by atoms with Gasteiger partial charge in [-0.1, -0.05) is 217 Å². The first kappa shape index (κ1) is 63.0. The van der Waals surface area contributed by atoms with Crippen molar-refractivity contribution >= 4 is 19.8 Å². The number of hydrogen-bond acceptors (Lipinski definition) is 8. The van der Waals surface area contributed by atoms with Gasteiger partial charge in [0.2, 0.25) is 0 Å². The highest BCUT2D eigenvalue weighted by Crippen LogP contribution is 2.43. The molecule has 0 spiro atoms. The topological polar surface area (TPSA) is 134 Å². The molecule has 2 atom stereocenters. The van der Waals surface area contributed by atoms with Crippen molar-refractivity contribution in [2.75, 3.05) is 26.4 Å². The molecule has 0 amide bonds. The molecular weight excluding hydrogens is 834 g/mol. The normalized spacial score (nSPS) is 13.5. The number of phosphoric acid groups is 1. The summed E-state index contributed by atoms with van der Waals surface area (Å²) in [6, 6.07) is 0. The van der Waals surface area contributed by atoms with E-state index in [1.54, 1.807) is 0 Å². The van der Waals surface area contributed by atoms with Crippen LogP contribution >= 0.6 is 7.82 Å². The first-order valence-electron chi connectivity index (χ1n) is 27.1. The quantitative estimate of drug-likeness (QED) is 0.0265. The Hall–Kier alpha value is -2.03. The van der Waals surface area contributed by atoms with E-state index in [1.165, 1.54) is 173 Å². The first-order valence-corrected chi connectivity index (χ1v) is 28.6. The SMILES string of the molecule is CCCCCCC/C=C\C/C=C\CCCCCCCCCCCCCC(=O)OC(COC(=O)CCCCCCCCCCC/C=C\C/C=C\CCCCCCC)COP(=O)(O)OCCN. The number of carbonyl (C=O) groups is 2. The van der Waals surface area contributed by atoms with Crippen LogP contribution in [0, 0.1) is 0 Å². The highest BCUT2D eigenvalue weighted by molar-refractivity contribution is 7.47. The van der Waals surface area contributed by atoms with Gasteiger partial charge in [-0.05, 0) is 77.0 Å². The molecule has 0 radical (unpaired) electrons. The number of phosphoric ester groups is 1. The summed E-state index contributed by atoms with van der Waals surface area (Å²) in [5.74, 6) is -0.828. The van der Waals surface area contributed by atoms with Gasteiger partial charge in [0.05, 0.1) is 13.2 Å². The number of esters is 2. The van der Waals surface area contributed by atoms with Gasteiger partial charge in [0.25, 0.3) is 0 Å². The molecule has 380 valence electrons. The number of nitrogens with two attached hydrogens (primary N) is 1. The van der Waals surface area contributed by atoms with Gasteiger partial charge in [0, 0.05) is 19.4 Å². The third kappa shape index (κ3) is 51.2. The molecule has 0 aromatic rings. The summed E-state index contributed by atoms with van der Waals surface area (Å²) in [4.78, 5) is 35.1. The zero-order chi connectivity index (χ0) is 47.4. The van der Waals surface area contributed by atoms with Crippen molar-refractivity contribution in [3.63, 3.8) is 0 Å². The Morgan fingerprint density at radius 3 is 1.17 bits per heavy atom. The molecule has 65 heavy (non-hydrogen) atoms. The number of allylic oxidation sites excluding steroid dienone is 8. The van der Waals surface area contributed by atoms with Crippen LogP contribution in [0.3, 0.4) is 0 Å². The average Bonchev–Trinajstić information content (AvgIpc) is 3.30. The van der Waals surface area contributed by atoms with E-state index < -0.39 is 26.5 Å². The summed E-state index contributed by atoms with van der Waals surface area (Å²) in [5, 5.41) is 0. The molecule has 0 aliphatic rings. The van der Waals surface area contributed by atoms with Crippen LogP contribution < -0.4 is 5.73 Å². The summed E-state index contributed by atoms with van der Waals surface area (Å²) in [6.07, 6.45) is 61.5. The maximum absolute atomic E-state index is 12.7. The van der Waals surface area contributed by atoms with Crippen molar-refractivity contribution < 1.29 is 37.6 Å². The second-order valence-corrected chi connectivity index (χ2v) is 19.5. The third-order valence-electron chi connectivity index (χ3n) is 11.7. The van der Waals surface area contributed by atoms with Gasteiger partial charge in [-0.15, -0.1) is 0 Å².